The molecule has 0 aromatic carbocycles. The highest BCUT2D eigenvalue weighted by Gasteiger charge is 2.33. The van der Waals surface area contributed by atoms with E-state index in [0.717, 1.165) is 36.7 Å². The molecule has 3 nitrogen and oxygen atoms in total. The monoisotopic (exact) mass is 411 g/mol. The van der Waals surface area contributed by atoms with Crippen LogP contribution in [-0.2, 0) is 9.53 Å². The first-order valence-corrected chi connectivity index (χ1v) is 8.46. The lowest BCUT2D eigenvalue weighted by molar-refractivity contribution is -0.914. The van der Waals surface area contributed by atoms with Crippen LogP contribution < -0.4 is 24.0 Å². The van der Waals surface area contributed by atoms with Gasteiger partial charge in [-0.3, -0.25) is 4.79 Å². The number of hydrogen-bond acceptors (Lipinski definition) is 2. The molecule has 0 aromatic rings. The van der Waals surface area contributed by atoms with E-state index < -0.39 is 0 Å². The number of unbranched alkanes of at least 4 members (excludes halogenated alkanes) is 1. The Morgan fingerprint density at radius 2 is 1.81 bits per heavy atom. The van der Waals surface area contributed by atoms with Crippen LogP contribution in [0.2, 0.25) is 0 Å². The highest BCUT2D eigenvalue weighted by atomic mass is 127. The van der Waals surface area contributed by atoms with Gasteiger partial charge in [-0.25, -0.2) is 0 Å². The second kappa shape index (κ2) is 10.0. The van der Waals surface area contributed by atoms with Gasteiger partial charge in [-0.15, -0.1) is 0 Å². The molecule has 0 saturated carbocycles. The minimum Gasteiger partial charge on any atom is -1.00 e. The third kappa shape index (κ3) is 6.85. The number of quaternary nitrogens is 1. The van der Waals surface area contributed by atoms with Gasteiger partial charge in [0.25, 0.3) is 0 Å². The molecule has 0 amide bonds. The van der Waals surface area contributed by atoms with Crippen molar-refractivity contribution in [2.75, 3.05) is 33.3 Å². The molecule has 0 N–H and O–H groups in total. The van der Waals surface area contributed by atoms with Gasteiger partial charge < -0.3 is 33.2 Å². The summed E-state index contributed by atoms with van der Waals surface area (Å²) in [6, 6.07) is 0. The number of esters is 1. The molecule has 0 aromatic heterocycles. The first-order valence-electron chi connectivity index (χ1n) is 8.46. The molecule has 1 fully saturated rings. The number of nitrogens with zero attached hydrogens (tertiary/aromatic N) is 1. The largest absolute Gasteiger partial charge is 1.00 e. The summed E-state index contributed by atoms with van der Waals surface area (Å²) in [6.45, 7) is 10.3. The predicted molar refractivity (Wildman–Crippen MR) is 83.5 cm³/mol. The summed E-state index contributed by atoms with van der Waals surface area (Å²) in [5.74, 6) is 0.0112. The van der Waals surface area contributed by atoms with E-state index in [4.69, 9.17) is 4.74 Å². The highest BCUT2D eigenvalue weighted by molar-refractivity contribution is 5.76. The van der Waals surface area contributed by atoms with Gasteiger partial charge in [0, 0.05) is 0 Å². The quantitative estimate of drug-likeness (QED) is 0.335. The summed E-state index contributed by atoms with van der Waals surface area (Å²) in [6.07, 6.45) is 8.05. The number of rotatable bonds is 8. The maximum Gasteiger partial charge on any atom is 0.311 e. The first kappa shape index (κ1) is 21.2. The number of halogens is 1. The number of piperidine rings is 1. The van der Waals surface area contributed by atoms with Gasteiger partial charge in [-0.05, 0) is 39.0 Å². The van der Waals surface area contributed by atoms with Gasteiger partial charge in [-0.2, -0.15) is 0 Å². The van der Waals surface area contributed by atoms with Crippen molar-refractivity contribution in [3.8, 4) is 0 Å². The summed E-state index contributed by atoms with van der Waals surface area (Å²) >= 11 is 0. The van der Waals surface area contributed by atoms with Gasteiger partial charge in [0.2, 0.25) is 0 Å². The van der Waals surface area contributed by atoms with Gasteiger partial charge >= 0.3 is 5.97 Å². The van der Waals surface area contributed by atoms with Crippen LogP contribution in [-0.4, -0.2) is 43.7 Å². The number of hydrogen-bond donors (Lipinski definition) is 0. The summed E-state index contributed by atoms with van der Waals surface area (Å²) < 4.78 is 6.68. The molecule has 0 spiro atoms. The smallest absolute Gasteiger partial charge is 0.311 e. The fraction of sp³-hybridized carbons (Fsp3) is 0.941. The van der Waals surface area contributed by atoms with Crippen molar-refractivity contribution >= 4 is 5.97 Å². The van der Waals surface area contributed by atoms with Crippen molar-refractivity contribution in [1.82, 2.24) is 0 Å². The van der Waals surface area contributed by atoms with Crippen LogP contribution in [0.3, 0.4) is 0 Å². The van der Waals surface area contributed by atoms with E-state index in [9.17, 15) is 4.79 Å². The average molecular weight is 411 g/mol. The normalized spacial score (nSPS) is 20.2. The fourth-order valence-corrected chi connectivity index (χ4v) is 3.02. The van der Waals surface area contributed by atoms with E-state index in [1.54, 1.807) is 0 Å². The van der Waals surface area contributed by atoms with Gasteiger partial charge in [0.05, 0.1) is 25.6 Å². The van der Waals surface area contributed by atoms with Crippen LogP contribution in [0.1, 0.15) is 65.7 Å². The Morgan fingerprint density at radius 3 is 2.33 bits per heavy atom. The Bertz CT molecular complexity index is 303. The Morgan fingerprint density at radius 1 is 1.19 bits per heavy atom. The van der Waals surface area contributed by atoms with Crippen molar-refractivity contribution in [2.24, 2.45) is 5.41 Å². The molecule has 1 atom stereocenters. The van der Waals surface area contributed by atoms with Crippen LogP contribution in [0.25, 0.3) is 0 Å². The molecular formula is C17H34INO2. The van der Waals surface area contributed by atoms with Gasteiger partial charge in [0.1, 0.15) is 13.2 Å². The average Bonchev–Trinajstić information content (AvgIpc) is 2.45. The third-order valence-electron chi connectivity index (χ3n) is 5.12. The zero-order valence-electron chi connectivity index (χ0n) is 14.4. The summed E-state index contributed by atoms with van der Waals surface area (Å²) in [5.41, 5.74) is -0.281. The Labute approximate surface area is 148 Å². The molecule has 1 aliphatic heterocycles. The molecule has 1 aliphatic rings. The van der Waals surface area contributed by atoms with E-state index >= 15 is 0 Å². The molecule has 1 saturated heterocycles. The van der Waals surface area contributed by atoms with Crippen molar-refractivity contribution in [3.63, 3.8) is 0 Å². The van der Waals surface area contributed by atoms with E-state index in [1.807, 2.05) is 0 Å². The van der Waals surface area contributed by atoms with Crippen LogP contribution in [0.5, 0.6) is 0 Å². The summed E-state index contributed by atoms with van der Waals surface area (Å²) in [4.78, 5) is 12.3. The standard InChI is InChI=1S/C17H34NO2.HI/c1-5-7-11-17(3,6-2)16(19)20-15-14-18(4)12-9-8-10-13-18;/h5-15H2,1-4H3;1H/q+1;/p-1. The Balaban J connectivity index is 0.00000400. The molecule has 4 heteroatoms. The van der Waals surface area contributed by atoms with Crippen molar-refractivity contribution in [2.45, 2.75) is 65.7 Å². The third-order valence-corrected chi connectivity index (χ3v) is 5.12. The van der Waals surface area contributed by atoms with Crippen molar-refractivity contribution in [3.05, 3.63) is 0 Å². The molecule has 1 rings (SSSR count). The topological polar surface area (TPSA) is 26.3 Å². The maximum absolute atomic E-state index is 12.3. The van der Waals surface area contributed by atoms with Crippen molar-refractivity contribution in [1.29, 1.82) is 0 Å². The second-order valence-electron chi connectivity index (χ2n) is 7.00. The number of carbonyl (C=O) groups excluding carboxylic acids is 1. The van der Waals surface area contributed by atoms with Crippen LogP contribution in [0, 0.1) is 5.41 Å². The van der Waals surface area contributed by atoms with Crippen LogP contribution in [0.15, 0.2) is 0 Å². The molecule has 126 valence electrons. The summed E-state index contributed by atoms with van der Waals surface area (Å²) in [7, 11) is 2.29. The number of carbonyl (C=O) groups is 1. The lowest BCUT2D eigenvalue weighted by Crippen LogP contribution is -3.00. The molecular weight excluding hydrogens is 377 g/mol. The maximum atomic E-state index is 12.3. The first-order chi connectivity index (χ1) is 9.46. The highest BCUT2D eigenvalue weighted by Crippen LogP contribution is 2.29. The van der Waals surface area contributed by atoms with E-state index in [0.29, 0.717) is 6.61 Å². The molecule has 0 aliphatic carbocycles. The molecule has 1 unspecified atom stereocenters. The molecule has 21 heavy (non-hydrogen) atoms. The molecule has 0 radical (unpaired) electrons. The summed E-state index contributed by atoms with van der Waals surface area (Å²) in [5, 5.41) is 0. The number of likely N-dealkylation sites (N-methyl/N-ethyl adjacent to an activating group) is 1. The fourth-order valence-electron chi connectivity index (χ4n) is 3.02. The molecule has 0 bridgehead atoms. The number of ether oxygens (including phenoxy) is 1. The van der Waals surface area contributed by atoms with Gasteiger partial charge in [-0.1, -0.05) is 26.7 Å². The van der Waals surface area contributed by atoms with Crippen LogP contribution in [0.4, 0.5) is 0 Å². The van der Waals surface area contributed by atoms with E-state index in [1.165, 1.54) is 32.4 Å². The van der Waals surface area contributed by atoms with Gasteiger partial charge in [0.15, 0.2) is 0 Å². The zero-order valence-corrected chi connectivity index (χ0v) is 16.6. The van der Waals surface area contributed by atoms with E-state index in [-0.39, 0.29) is 35.4 Å². The Kier molecular flexibility index (Phi) is 10.1. The number of likely N-dealkylation sites (tertiary alicyclic amines) is 1. The second-order valence-corrected chi connectivity index (χ2v) is 7.00. The molecule has 1 heterocycles. The SMILES string of the molecule is CCCCC(C)(CC)C(=O)OCC[N+]1(C)CCCCC1.[I-]. The van der Waals surface area contributed by atoms with Crippen molar-refractivity contribution < 1.29 is 38.0 Å². The minimum atomic E-state index is -0.281. The van der Waals surface area contributed by atoms with Crippen LogP contribution >= 0.6 is 0 Å². The lowest BCUT2D eigenvalue weighted by atomic mass is 9.82. The minimum absolute atomic E-state index is 0. The zero-order chi connectivity index (χ0) is 15.1. The Hall–Kier alpha value is 0.160. The predicted octanol–water partition coefficient (Wildman–Crippen LogP) is 0.771. The van der Waals surface area contributed by atoms with E-state index in [2.05, 4.69) is 27.8 Å². The lowest BCUT2D eigenvalue weighted by Gasteiger charge is -2.37.